The maximum absolute atomic E-state index is 12.8. The molecular weight excluding hydrogens is 308 g/mol. The minimum Gasteiger partial charge on any atom is -0.385 e. The van der Waals surface area contributed by atoms with Gasteiger partial charge in [0.1, 0.15) is 5.82 Å². The van der Waals surface area contributed by atoms with Crippen LogP contribution in [0.25, 0.3) is 16.9 Å². The molecule has 0 N–H and O–H groups in total. The molecule has 2 aromatic heterocycles. The van der Waals surface area contributed by atoms with E-state index < -0.39 is 0 Å². The highest BCUT2D eigenvalue weighted by molar-refractivity contribution is 5.79. The average Bonchev–Trinajstić information content (AvgIpc) is 3.05. The molecule has 1 aliphatic rings. The van der Waals surface area contributed by atoms with Gasteiger partial charge >= 0.3 is 5.69 Å². The number of aryl methyl sites for hydroxylation is 1. The molecule has 0 saturated carbocycles. The SMILES string of the molecule is CCn1c(=O)c2c(nc3n2C(C)=C(C)C3CCCOC)n(C)c1=O. The molecular formula is C17H24N4O3. The quantitative estimate of drug-likeness (QED) is 0.781. The van der Waals surface area contributed by atoms with Crippen LogP contribution in [0.4, 0.5) is 0 Å². The van der Waals surface area contributed by atoms with Crippen molar-refractivity contribution < 1.29 is 4.74 Å². The molecule has 1 unspecified atom stereocenters. The van der Waals surface area contributed by atoms with E-state index in [4.69, 9.17) is 4.74 Å². The summed E-state index contributed by atoms with van der Waals surface area (Å²) in [6.07, 6.45) is 1.84. The minimum atomic E-state index is -0.318. The van der Waals surface area contributed by atoms with Crippen LogP contribution in [0.5, 0.6) is 0 Å². The number of ether oxygens (including phenoxy) is 1. The molecule has 130 valence electrons. The molecule has 2 aromatic rings. The van der Waals surface area contributed by atoms with Gasteiger partial charge in [0.15, 0.2) is 11.2 Å². The van der Waals surface area contributed by atoms with Crippen molar-refractivity contribution in [1.82, 2.24) is 18.7 Å². The Labute approximate surface area is 140 Å². The molecule has 0 bridgehead atoms. The van der Waals surface area contributed by atoms with E-state index in [1.54, 1.807) is 21.1 Å². The number of allylic oxidation sites excluding steroid dienone is 2. The summed E-state index contributed by atoms with van der Waals surface area (Å²) in [6, 6.07) is 0. The van der Waals surface area contributed by atoms with E-state index in [0.29, 0.717) is 24.3 Å². The van der Waals surface area contributed by atoms with Crippen molar-refractivity contribution in [2.75, 3.05) is 13.7 Å². The summed E-state index contributed by atoms with van der Waals surface area (Å²) in [5, 5.41) is 0. The number of nitrogens with zero attached hydrogens (tertiary/aromatic N) is 4. The first-order valence-electron chi connectivity index (χ1n) is 8.32. The monoisotopic (exact) mass is 332 g/mol. The fourth-order valence-corrected chi connectivity index (χ4v) is 3.59. The number of aromatic nitrogens is 4. The fourth-order valence-electron chi connectivity index (χ4n) is 3.59. The van der Waals surface area contributed by atoms with E-state index >= 15 is 0 Å². The largest absolute Gasteiger partial charge is 0.385 e. The molecule has 24 heavy (non-hydrogen) atoms. The molecule has 7 nitrogen and oxygen atoms in total. The standard InChI is InChI=1S/C17H24N4O3/c1-6-20-16(22)13-15(19(4)17(20)23)18-14-12(8-7-9-24-5)10(2)11(3)21(13)14/h12H,6-9H2,1-5H3. The highest BCUT2D eigenvalue weighted by Crippen LogP contribution is 2.40. The number of methoxy groups -OCH3 is 1. The van der Waals surface area contributed by atoms with Gasteiger partial charge < -0.3 is 4.74 Å². The molecule has 0 fully saturated rings. The van der Waals surface area contributed by atoms with Crippen molar-refractivity contribution >= 4 is 16.9 Å². The lowest BCUT2D eigenvalue weighted by atomic mass is 9.96. The third-order valence-corrected chi connectivity index (χ3v) is 5.07. The number of imidazole rings is 1. The second-order valence-electron chi connectivity index (χ2n) is 6.32. The van der Waals surface area contributed by atoms with Gasteiger partial charge in [-0.2, -0.15) is 0 Å². The molecule has 0 spiro atoms. The van der Waals surface area contributed by atoms with Gasteiger partial charge in [0, 0.05) is 38.9 Å². The summed E-state index contributed by atoms with van der Waals surface area (Å²) in [7, 11) is 3.37. The lowest BCUT2D eigenvalue weighted by Crippen LogP contribution is -2.39. The predicted molar refractivity (Wildman–Crippen MR) is 93.3 cm³/mol. The molecule has 1 aliphatic heterocycles. The topological polar surface area (TPSA) is 71.0 Å². The number of hydrogen-bond acceptors (Lipinski definition) is 4. The first-order valence-corrected chi connectivity index (χ1v) is 8.32. The van der Waals surface area contributed by atoms with Crippen LogP contribution in [0.1, 0.15) is 45.4 Å². The van der Waals surface area contributed by atoms with Gasteiger partial charge in [0.25, 0.3) is 5.56 Å². The Bertz CT molecular complexity index is 945. The van der Waals surface area contributed by atoms with Gasteiger partial charge in [-0.3, -0.25) is 18.5 Å². The van der Waals surface area contributed by atoms with Crippen LogP contribution < -0.4 is 11.2 Å². The fraction of sp³-hybridized carbons (Fsp3) is 0.588. The van der Waals surface area contributed by atoms with Gasteiger partial charge in [-0.05, 0) is 39.2 Å². The predicted octanol–water partition coefficient (Wildman–Crippen LogP) is 1.69. The lowest BCUT2D eigenvalue weighted by Gasteiger charge is -2.10. The van der Waals surface area contributed by atoms with Crippen LogP contribution >= 0.6 is 0 Å². The van der Waals surface area contributed by atoms with Gasteiger partial charge in [-0.25, -0.2) is 9.78 Å². The molecule has 0 amide bonds. The maximum atomic E-state index is 12.8. The van der Waals surface area contributed by atoms with Crippen molar-refractivity contribution in [3.63, 3.8) is 0 Å². The summed E-state index contributed by atoms with van der Waals surface area (Å²) in [6.45, 7) is 6.95. The third-order valence-electron chi connectivity index (χ3n) is 5.07. The molecule has 3 rings (SSSR count). The smallest absolute Gasteiger partial charge is 0.332 e. The van der Waals surface area contributed by atoms with E-state index in [0.717, 1.165) is 24.4 Å². The van der Waals surface area contributed by atoms with Crippen LogP contribution in [-0.2, 0) is 18.3 Å². The lowest BCUT2D eigenvalue weighted by molar-refractivity contribution is 0.191. The van der Waals surface area contributed by atoms with Gasteiger partial charge in [0.05, 0.1) is 0 Å². The van der Waals surface area contributed by atoms with Gasteiger partial charge in [-0.15, -0.1) is 0 Å². The van der Waals surface area contributed by atoms with Crippen molar-refractivity contribution in [3.05, 3.63) is 32.2 Å². The van der Waals surface area contributed by atoms with Crippen molar-refractivity contribution in [2.24, 2.45) is 7.05 Å². The summed E-state index contributed by atoms with van der Waals surface area (Å²) < 4.78 is 9.83. The van der Waals surface area contributed by atoms with Crippen LogP contribution in [-0.4, -0.2) is 32.4 Å². The van der Waals surface area contributed by atoms with Crippen LogP contribution in [0.3, 0.4) is 0 Å². The van der Waals surface area contributed by atoms with Gasteiger partial charge in [-0.1, -0.05) is 0 Å². The molecule has 7 heteroatoms. The maximum Gasteiger partial charge on any atom is 0.332 e. The Morgan fingerprint density at radius 3 is 2.58 bits per heavy atom. The second kappa shape index (κ2) is 6.05. The molecule has 0 radical (unpaired) electrons. The Kier molecular flexibility index (Phi) is 4.21. The van der Waals surface area contributed by atoms with Crippen molar-refractivity contribution in [2.45, 2.75) is 46.1 Å². The van der Waals surface area contributed by atoms with E-state index in [1.807, 2.05) is 11.5 Å². The zero-order chi connectivity index (χ0) is 17.6. The minimum absolute atomic E-state index is 0.164. The molecule has 1 atom stereocenters. The second-order valence-corrected chi connectivity index (χ2v) is 6.32. The molecule has 0 aliphatic carbocycles. The molecule has 3 heterocycles. The first kappa shape index (κ1) is 16.7. The van der Waals surface area contributed by atoms with E-state index in [2.05, 4.69) is 11.9 Å². The van der Waals surface area contributed by atoms with Crippen molar-refractivity contribution in [3.8, 4) is 0 Å². The summed E-state index contributed by atoms with van der Waals surface area (Å²) >= 11 is 0. The van der Waals surface area contributed by atoms with Crippen LogP contribution in [0.2, 0.25) is 0 Å². The van der Waals surface area contributed by atoms with E-state index in [1.165, 1.54) is 14.7 Å². The van der Waals surface area contributed by atoms with Crippen molar-refractivity contribution in [1.29, 1.82) is 0 Å². The molecule has 0 aromatic carbocycles. The Hall–Kier alpha value is -2.15. The molecule has 0 saturated heterocycles. The van der Waals surface area contributed by atoms with E-state index in [9.17, 15) is 9.59 Å². The van der Waals surface area contributed by atoms with Crippen LogP contribution in [0.15, 0.2) is 15.2 Å². The summed E-state index contributed by atoms with van der Waals surface area (Å²) in [5.74, 6) is 1.02. The number of fused-ring (bicyclic) bond motifs is 3. The highest BCUT2D eigenvalue weighted by atomic mass is 16.5. The van der Waals surface area contributed by atoms with E-state index in [-0.39, 0.29) is 17.2 Å². The average molecular weight is 332 g/mol. The Balaban J connectivity index is 2.27. The highest BCUT2D eigenvalue weighted by Gasteiger charge is 2.32. The number of rotatable bonds is 5. The summed E-state index contributed by atoms with van der Waals surface area (Å²) in [4.78, 5) is 29.8. The Morgan fingerprint density at radius 2 is 1.96 bits per heavy atom. The first-order chi connectivity index (χ1) is 11.4. The zero-order valence-corrected chi connectivity index (χ0v) is 14.9. The van der Waals surface area contributed by atoms with Gasteiger partial charge in [0.2, 0.25) is 0 Å². The summed E-state index contributed by atoms with van der Waals surface area (Å²) in [5.41, 5.74) is 2.65. The third kappa shape index (κ3) is 2.18. The Morgan fingerprint density at radius 1 is 1.25 bits per heavy atom. The number of hydrogen-bond donors (Lipinski definition) is 0. The van der Waals surface area contributed by atoms with Crippen LogP contribution in [0, 0.1) is 0 Å². The zero-order valence-electron chi connectivity index (χ0n) is 14.9. The normalized spacial score (nSPS) is 17.1.